The highest BCUT2D eigenvalue weighted by Gasteiger charge is 2.38. The Labute approximate surface area is 120 Å². The summed E-state index contributed by atoms with van der Waals surface area (Å²) in [4.78, 5) is 0. The van der Waals surface area contributed by atoms with Gasteiger partial charge in [-0.25, -0.2) is 4.39 Å². The Kier molecular flexibility index (Phi) is 4.22. The zero-order chi connectivity index (χ0) is 14.1. The summed E-state index contributed by atoms with van der Waals surface area (Å²) in [5, 5.41) is 4.27. The Morgan fingerprint density at radius 2 is 2.00 bits per heavy atom. The summed E-state index contributed by atoms with van der Waals surface area (Å²) >= 11 is 6.19. The second kappa shape index (κ2) is 5.41. The van der Waals surface area contributed by atoms with Gasteiger partial charge in [0.05, 0.1) is 0 Å². The monoisotopic (exact) mass is 283 g/mol. The van der Waals surface area contributed by atoms with E-state index in [1.54, 1.807) is 12.1 Å². The third kappa shape index (κ3) is 3.93. The molecule has 0 atom stereocenters. The first-order valence-corrected chi connectivity index (χ1v) is 7.37. The molecule has 2 rings (SSSR count). The molecule has 0 unspecified atom stereocenters. The van der Waals surface area contributed by atoms with Gasteiger partial charge in [0.15, 0.2) is 0 Å². The molecule has 0 heterocycles. The van der Waals surface area contributed by atoms with E-state index in [1.807, 2.05) is 0 Å². The van der Waals surface area contributed by atoms with Crippen molar-refractivity contribution in [3.63, 3.8) is 0 Å². The van der Waals surface area contributed by atoms with Gasteiger partial charge in [-0.15, -0.1) is 0 Å². The van der Waals surface area contributed by atoms with Crippen molar-refractivity contribution in [1.82, 2.24) is 5.32 Å². The van der Waals surface area contributed by atoms with Gasteiger partial charge in [0, 0.05) is 17.1 Å². The second-order valence-electron chi connectivity index (χ2n) is 6.87. The van der Waals surface area contributed by atoms with Crippen molar-refractivity contribution >= 4 is 11.6 Å². The summed E-state index contributed by atoms with van der Waals surface area (Å²) in [6.07, 6.45) is 4.53. The van der Waals surface area contributed by atoms with E-state index in [2.05, 4.69) is 26.1 Å². The number of rotatable bonds is 4. The smallest absolute Gasteiger partial charge is 0.123 e. The number of hydrogen-bond acceptors (Lipinski definition) is 1. The number of nitrogens with one attached hydrogen (secondary N) is 1. The SMILES string of the molecule is CC(C)(C)NCC1(Cc2cc(F)ccc2Cl)CCC1. The zero-order valence-corrected chi connectivity index (χ0v) is 12.8. The van der Waals surface area contributed by atoms with E-state index < -0.39 is 0 Å². The fourth-order valence-electron chi connectivity index (χ4n) is 2.63. The third-order valence-corrected chi connectivity index (χ3v) is 4.35. The van der Waals surface area contributed by atoms with Crippen LogP contribution in [0.5, 0.6) is 0 Å². The summed E-state index contributed by atoms with van der Waals surface area (Å²) in [6, 6.07) is 4.67. The van der Waals surface area contributed by atoms with Crippen molar-refractivity contribution in [1.29, 1.82) is 0 Å². The molecule has 1 N–H and O–H groups in total. The molecule has 1 fully saturated rings. The van der Waals surface area contributed by atoms with E-state index in [9.17, 15) is 4.39 Å². The van der Waals surface area contributed by atoms with Gasteiger partial charge in [-0.1, -0.05) is 18.0 Å². The van der Waals surface area contributed by atoms with Gasteiger partial charge < -0.3 is 5.32 Å². The van der Waals surface area contributed by atoms with E-state index in [4.69, 9.17) is 11.6 Å². The lowest BCUT2D eigenvalue weighted by molar-refractivity contribution is 0.118. The predicted molar refractivity (Wildman–Crippen MR) is 79.2 cm³/mol. The topological polar surface area (TPSA) is 12.0 Å². The van der Waals surface area contributed by atoms with Gasteiger partial charge in [0.25, 0.3) is 0 Å². The zero-order valence-electron chi connectivity index (χ0n) is 12.0. The molecule has 0 bridgehead atoms. The largest absolute Gasteiger partial charge is 0.312 e. The quantitative estimate of drug-likeness (QED) is 0.853. The molecular weight excluding hydrogens is 261 g/mol. The van der Waals surface area contributed by atoms with Crippen LogP contribution in [0.15, 0.2) is 18.2 Å². The molecule has 0 spiro atoms. The van der Waals surface area contributed by atoms with Gasteiger partial charge in [-0.05, 0) is 69.2 Å². The van der Waals surface area contributed by atoms with E-state index >= 15 is 0 Å². The first kappa shape index (κ1) is 14.8. The maximum atomic E-state index is 13.3. The average molecular weight is 284 g/mol. The van der Waals surface area contributed by atoms with Gasteiger partial charge in [-0.3, -0.25) is 0 Å². The molecule has 0 aliphatic heterocycles. The van der Waals surface area contributed by atoms with Crippen LogP contribution in [0.25, 0.3) is 0 Å². The molecule has 0 radical (unpaired) electrons. The normalized spacial score (nSPS) is 18.2. The summed E-state index contributed by atoms with van der Waals surface area (Å²) in [5.41, 5.74) is 1.32. The van der Waals surface area contributed by atoms with E-state index in [-0.39, 0.29) is 16.8 Å². The first-order valence-electron chi connectivity index (χ1n) is 6.99. The average Bonchev–Trinajstić information content (AvgIpc) is 2.25. The molecule has 19 heavy (non-hydrogen) atoms. The van der Waals surface area contributed by atoms with Crippen LogP contribution in [0.3, 0.4) is 0 Å². The standard InChI is InChI=1S/C16H23ClFN/c1-15(2,3)19-11-16(7-4-8-16)10-12-9-13(18)5-6-14(12)17/h5-6,9,19H,4,7-8,10-11H2,1-3H3. The highest BCUT2D eigenvalue weighted by Crippen LogP contribution is 2.44. The molecule has 1 nitrogen and oxygen atoms in total. The molecule has 1 aromatic carbocycles. The van der Waals surface area contributed by atoms with Crippen LogP contribution in [0, 0.1) is 11.2 Å². The summed E-state index contributed by atoms with van der Waals surface area (Å²) in [5.74, 6) is -0.197. The third-order valence-electron chi connectivity index (χ3n) is 3.98. The Morgan fingerprint density at radius 1 is 1.32 bits per heavy atom. The maximum absolute atomic E-state index is 13.3. The predicted octanol–water partition coefficient (Wildman–Crippen LogP) is 4.58. The fraction of sp³-hybridized carbons (Fsp3) is 0.625. The maximum Gasteiger partial charge on any atom is 0.123 e. The van der Waals surface area contributed by atoms with Crippen LogP contribution < -0.4 is 5.32 Å². The molecule has 106 valence electrons. The molecule has 1 saturated carbocycles. The molecule has 0 aromatic heterocycles. The van der Waals surface area contributed by atoms with Gasteiger partial charge in [-0.2, -0.15) is 0 Å². The molecule has 0 saturated heterocycles. The molecular formula is C16H23ClFN. The number of halogens is 2. The highest BCUT2D eigenvalue weighted by atomic mass is 35.5. The van der Waals surface area contributed by atoms with Crippen molar-refractivity contribution < 1.29 is 4.39 Å². The van der Waals surface area contributed by atoms with E-state index in [1.165, 1.54) is 25.3 Å². The summed E-state index contributed by atoms with van der Waals surface area (Å²) in [6.45, 7) is 7.50. The molecule has 1 aromatic rings. The van der Waals surface area contributed by atoms with Gasteiger partial charge in [0.1, 0.15) is 5.82 Å². The molecule has 0 amide bonds. The Bertz CT molecular complexity index is 447. The van der Waals surface area contributed by atoms with E-state index in [0.29, 0.717) is 5.02 Å². The van der Waals surface area contributed by atoms with Crippen LogP contribution >= 0.6 is 11.6 Å². The van der Waals surface area contributed by atoms with Crippen molar-refractivity contribution in [3.8, 4) is 0 Å². The van der Waals surface area contributed by atoms with Gasteiger partial charge >= 0.3 is 0 Å². The van der Waals surface area contributed by atoms with Crippen LogP contribution in [-0.2, 0) is 6.42 Å². The van der Waals surface area contributed by atoms with Crippen LogP contribution in [0.1, 0.15) is 45.6 Å². The minimum Gasteiger partial charge on any atom is -0.312 e. The molecule has 1 aliphatic rings. The summed E-state index contributed by atoms with van der Waals surface area (Å²) < 4.78 is 13.3. The van der Waals surface area contributed by atoms with Crippen LogP contribution in [-0.4, -0.2) is 12.1 Å². The van der Waals surface area contributed by atoms with Crippen molar-refractivity contribution in [3.05, 3.63) is 34.6 Å². The van der Waals surface area contributed by atoms with Crippen LogP contribution in [0.2, 0.25) is 5.02 Å². The molecule has 3 heteroatoms. The Morgan fingerprint density at radius 3 is 2.53 bits per heavy atom. The van der Waals surface area contributed by atoms with E-state index in [0.717, 1.165) is 18.5 Å². The van der Waals surface area contributed by atoms with Crippen molar-refractivity contribution in [2.75, 3.05) is 6.54 Å². The number of hydrogen-bond donors (Lipinski definition) is 1. The minimum atomic E-state index is -0.197. The molecule has 1 aliphatic carbocycles. The van der Waals surface area contributed by atoms with Crippen molar-refractivity contribution in [2.24, 2.45) is 5.41 Å². The Balaban J connectivity index is 2.08. The minimum absolute atomic E-state index is 0.119. The fourth-order valence-corrected chi connectivity index (χ4v) is 2.81. The lowest BCUT2D eigenvalue weighted by atomic mass is 9.65. The second-order valence-corrected chi connectivity index (χ2v) is 7.28. The summed E-state index contributed by atoms with van der Waals surface area (Å²) in [7, 11) is 0. The van der Waals surface area contributed by atoms with Crippen molar-refractivity contribution in [2.45, 2.75) is 52.0 Å². The Hall–Kier alpha value is -0.600. The lowest BCUT2D eigenvalue weighted by Crippen LogP contribution is -2.48. The first-order chi connectivity index (χ1) is 8.80. The lowest BCUT2D eigenvalue weighted by Gasteiger charge is -2.44. The number of benzene rings is 1. The highest BCUT2D eigenvalue weighted by molar-refractivity contribution is 6.31. The van der Waals surface area contributed by atoms with Gasteiger partial charge in [0.2, 0.25) is 0 Å². The van der Waals surface area contributed by atoms with Crippen LogP contribution in [0.4, 0.5) is 4.39 Å².